The van der Waals surface area contributed by atoms with Gasteiger partial charge >= 0.3 is 0 Å². The van der Waals surface area contributed by atoms with Gasteiger partial charge in [-0.3, -0.25) is 4.79 Å². The van der Waals surface area contributed by atoms with Crippen molar-refractivity contribution < 1.29 is 14.3 Å². The number of hydrogen-bond donors (Lipinski definition) is 1. The van der Waals surface area contributed by atoms with E-state index >= 15 is 0 Å². The maximum Gasteiger partial charge on any atom is 0.251 e. The van der Waals surface area contributed by atoms with Gasteiger partial charge in [0, 0.05) is 25.1 Å². The van der Waals surface area contributed by atoms with Crippen LogP contribution in [0.5, 0.6) is 11.5 Å². The number of amides is 1. The number of para-hydroxylation sites is 2. The van der Waals surface area contributed by atoms with E-state index in [0.29, 0.717) is 23.6 Å². The molecule has 148 valence electrons. The van der Waals surface area contributed by atoms with Gasteiger partial charge in [-0.05, 0) is 43.2 Å². The van der Waals surface area contributed by atoms with E-state index in [0.717, 1.165) is 37.1 Å². The summed E-state index contributed by atoms with van der Waals surface area (Å²) in [5, 5.41) is 2.97. The summed E-state index contributed by atoms with van der Waals surface area (Å²) in [6.07, 6.45) is 2.70. The summed E-state index contributed by atoms with van der Waals surface area (Å²) in [7, 11) is 3.13. The molecule has 0 saturated carbocycles. The van der Waals surface area contributed by atoms with Crippen molar-refractivity contribution in [2.24, 2.45) is 0 Å². The van der Waals surface area contributed by atoms with Crippen LogP contribution in [-0.4, -0.2) is 36.2 Å². The number of nitrogens with one attached hydrogen (secondary N) is 1. The molecule has 0 bridgehead atoms. The molecule has 0 atom stereocenters. The predicted octanol–water partition coefficient (Wildman–Crippen LogP) is 3.83. The van der Waals surface area contributed by atoms with E-state index in [-0.39, 0.29) is 5.91 Å². The van der Waals surface area contributed by atoms with E-state index in [2.05, 4.69) is 22.9 Å². The van der Waals surface area contributed by atoms with Crippen molar-refractivity contribution in [3.8, 4) is 11.5 Å². The second kappa shape index (κ2) is 9.26. The Bertz CT molecular complexity index is 949. The Morgan fingerprint density at radius 2 is 1.89 bits per heavy atom. The van der Waals surface area contributed by atoms with E-state index in [4.69, 9.17) is 14.5 Å². The first-order valence-electron chi connectivity index (χ1n) is 9.62. The Balaban J connectivity index is 1.59. The fourth-order valence-corrected chi connectivity index (χ4v) is 3.32. The summed E-state index contributed by atoms with van der Waals surface area (Å²) in [6, 6.07) is 13.4. The maximum atomic E-state index is 12.4. The third-order valence-corrected chi connectivity index (χ3v) is 4.69. The van der Waals surface area contributed by atoms with Gasteiger partial charge in [-0.25, -0.2) is 4.98 Å². The normalized spacial score (nSPS) is 10.8. The molecule has 28 heavy (non-hydrogen) atoms. The summed E-state index contributed by atoms with van der Waals surface area (Å²) in [5.41, 5.74) is 2.75. The molecule has 1 heterocycles. The number of aromatic nitrogens is 2. The highest BCUT2D eigenvalue weighted by Gasteiger charge is 2.12. The van der Waals surface area contributed by atoms with Crippen LogP contribution >= 0.6 is 0 Å². The zero-order chi connectivity index (χ0) is 19.9. The number of rotatable bonds is 9. The summed E-state index contributed by atoms with van der Waals surface area (Å²) in [5.74, 6) is 2.10. The van der Waals surface area contributed by atoms with Gasteiger partial charge in [0.25, 0.3) is 5.91 Å². The number of carbonyl (C=O) groups excluding carboxylic acids is 1. The molecular weight excluding hydrogens is 354 g/mol. The fraction of sp³-hybridized carbons (Fsp3) is 0.364. The minimum absolute atomic E-state index is 0.122. The average molecular weight is 381 g/mol. The summed E-state index contributed by atoms with van der Waals surface area (Å²) >= 11 is 0. The van der Waals surface area contributed by atoms with Gasteiger partial charge < -0.3 is 19.4 Å². The lowest BCUT2D eigenvalue weighted by atomic mass is 10.2. The smallest absolute Gasteiger partial charge is 0.251 e. The number of methoxy groups -OCH3 is 2. The number of ether oxygens (including phenoxy) is 2. The zero-order valence-electron chi connectivity index (χ0n) is 16.7. The van der Waals surface area contributed by atoms with Crippen molar-refractivity contribution in [2.45, 2.75) is 32.7 Å². The first kappa shape index (κ1) is 19.7. The van der Waals surface area contributed by atoms with Crippen LogP contribution in [-0.2, 0) is 13.0 Å². The average Bonchev–Trinajstić information content (AvgIpc) is 3.08. The van der Waals surface area contributed by atoms with E-state index in [9.17, 15) is 4.79 Å². The molecule has 0 aliphatic heterocycles. The number of nitrogens with zero attached hydrogens (tertiary/aromatic N) is 2. The molecule has 1 amide bonds. The molecule has 2 aromatic carbocycles. The topological polar surface area (TPSA) is 65.4 Å². The Morgan fingerprint density at radius 1 is 1.11 bits per heavy atom. The minimum atomic E-state index is -0.122. The number of benzene rings is 2. The molecule has 0 spiro atoms. The monoisotopic (exact) mass is 381 g/mol. The lowest BCUT2D eigenvalue weighted by Gasteiger charge is -2.10. The van der Waals surface area contributed by atoms with Crippen molar-refractivity contribution in [3.05, 3.63) is 53.9 Å². The molecule has 0 saturated heterocycles. The van der Waals surface area contributed by atoms with Gasteiger partial charge in [0.05, 0.1) is 25.3 Å². The molecule has 0 aliphatic rings. The Hall–Kier alpha value is -3.02. The molecule has 3 aromatic rings. The lowest BCUT2D eigenvalue weighted by Crippen LogP contribution is -2.25. The first-order chi connectivity index (χ1) is 13.7. The number of carbonyl (C=O) groups is 1. The first-order valence-corrected chi connectivity index (χ1v) is 9.62. The molecule has 1 N–H and O–H groups in total. The quantitative estimate of drug-likeness (QED) is 0.572. The van der Waals surface area contributed by atoms with Crippen molar-refractivity contribution in [2.75, 3.05) is 20.8 Å². The molecule has 3 rings (SSSR count). The third-order valence-electron chi connectivity index (χ3n) is 4.69. The summed E-state index contributed by atoms with van der Waals surface area (Å²) in [4.78, 5) is 17.2. The third kappa shape index (κ3) is 4.27. The molecule has 1 aromatic heterocycles. The molecule has 6 heteroatoms. The van der Waals surface area contributed by atoms with E-state index in [1.807, 2.05) is 18.2 Å². The highest BCUT2D eigenvalue weighted by molar-refractivity contribution is 5.94. The number of imidazole rings is 1. The predicted molar refractivity (Wildman–Crippen MR) is 110 cm³/mol. The second-order valence-corrected chi connectivity index (χ2v) is 6.60. The summed E-state index contributed by atoms with van der Waals surface area (Å²) < 4.78 is 12.8. The number of fused-ring (bicyclic) bond motifs is 1. The van der Waals surface area contributed by atoms with Crippen LogP contribution in [0.3, 0.4) is 0 Å². The van der Waals surface area contributed by atoms with Crippen LogP contribution < -0.4 is 14.8 Å². The van der Waals surface area contributed by atoms with E-state index in [1.54, 1.807) is 32.4 Å². The Labute approximate surface area is 165 Å². The fourth-order valence-electron chi connectivity index (χ4n) is 3.32. The van der Waals surface area contributed by atoms with Crippen LogP contribution in [0.25, 0.3) is 11.0 Å². The highest BCUT2D eigenvalue weighted by atomic mass is 16.5. The van der Waals surface area contributed by atoms with Gasteiger partial charge in [-0.1, -0.05) is 19.1 Å². The van der Waals surface area contributed by atoms with Gasteiger partial charge in [0.2, 0.25) is 0 Å². The molecular formula is C22H27N3O3. The van der Waals surface area contributed by atoms with Crippen LogP contribution in [0.4, 0.5) is 0 Å². The molecule has 0 unspecified atom stereocenters. The van der Waals surface area contributed by atoms with E-state index < -0.39 is 0 Å². The van der Waals surface area contributed by atoms with E-state index in [1.165, 1.54) is 5.52 Å². The molecule has 0 radical (unpaired) electrons. The Morgan fingerprint density at radius 3 is 2.64 bits per heavy atom. The van der Waals surface area contributed by atoms with Gasteiger partial charge in [0.15, 0.2) is 11.5 Å². The van der Waals surface area contributed by atoms with Crippen LogP contribution in [0, 0.1) is 0 Å². The highest BCUT2D eigenvalue weighted by Crippen LogP contribution is 2.27. The largest absolute Gasteiger partial charge is 0.493 e. The minimum Gasteiger partial charge on any atom is -0.493 e. The SMILES string of the molecule is CCCn1c(CCCNC(=O)c2ccc(OC)c(OC)c2)nc2ccccc21. The number of aryl methyl sites for hydroxylation is 2. The van der Waals surface area contributed by atoms with Crippen LogP contribution in [0.15, 0.2) is 42.5 Å². The van der Waals surface area contributed by atoms with Crippen molar-refractivity contribution >= 4 is 16.9 Å². The zero-order valence-corrected chi connectivity index (χ0v) is 16.7. The summed E-state index contributed by atoms with van der Waals surface area (Å²) in [6.45, 7) is 3.71. The van der Waals surface area contributed by atoms with Crippen LogP contribution in [0.1, 0.15) is 35.9 Å². The number of hydrogen-bond acceptors (Lipinski definition) is 4. The Kier molecular flexibility index (Phi) is 6.53. The van der Waals surface area contributed by atoms with Gasteiger partial charge in [0.1, 0.15) is 5.82 Å². The standard InChI is InChI=1S/C22H27N3O3/c1-4-14-25-18-9-6-5-8-17(18)24-21(25)10-7-13-23-22(26)16-11-12-19(27-2)20(15-16)28-3/h5-6,8-9,11-12,15H,4,7,10,13-14H2,1-3H3,(H,23,26). The van der Waals surface area contributed by atoms with Crippen molar-refractivity contribution in [1.82, 2.24) is 14.9 Å². The van der Waals surface area contributed by atoms with Crippen molar-refractivity contribution in [3.63, 3.8) is 0 Å². The van der Waals surface area contributed by atoms with Gasteiger partial charge in [-0.2, -0.15) is 0 Å². The molecule has 0 aliphatic carbocycles. The maximum absolute atomic E-state index is 12.4. The molecule has 0 fully saturated rings. The van der Waals surface area contributed by atoms with Gasteiger partial charge in [-0.15, -0.1) is 0 Å². The second-order valence-electron chi connectivity index (χ2n) is 6.60. The van der Waals surface area contributed by atoms with Crippen LogP contribution in [0.2, 0.25) is 0 Å². The lowest BCUT2D eigenvalue weighted by molar-refractivity contribution is 0.0952. The molecule has 6 nitrogen and oxygen atoms in total. The van der Waals surface area contributed by atoms with Crippen molar-refractivity contribution in [1.29, 1.82) is 0 Å².